The molecule has 0 radical (unpaired) electrons. The molecule has 2 unspecified atom stereocenters. The van der Waals surface area contributed by atoms with Gasteiger partial charge in [0.05, 0.1) is 0 Å². The zero-order valence-electron chi connectivity index (χ0n) is 12.3. The summed E-state index contributed by atoms with van der Waals surface area (Å²) in [5.41, 5.74) is 0. The maximum atomic E-state index is 3.40. The highest BCUT2D eigenvalue weighted by Crippen LogP contribution is 2.28. The molecule has 3 nitrogen and oxygen atoms in total. The van der Waals surface area contributed by atoms with Crippen molar-refractivity contribution in [1.29, 1.82) is 0 Å². The van der Waals surface area contributed by atoms with Crippen molar-refractivity contribution in [2.45, 2.75) is 57.5 Å². The molecular formula is C15H31N3. The van der Waals surface area contributed by atoms with Crippen LogP contribution in [0.3, 0.4) is 0 Å². The number of likely N-dealkylation sites (tertiary alicyclic amines) is 1. The second-order valence-electron chi connectivity index (χ2n) is 6.05. The van der Waals surface area contributed by atoms with E-state index in [-0.39, 0.29) is 0 Å². The van der Waals surface area contributed by atoms with Crippen LogP contribution in [-0.2, 0) is 0 Å². The minimum absolute atomic E-state index is 0.847. The second-order valence-corrected chi connectivity index (χ2v) is 6.05. The zero-order chi connectivity index (χ0) is 12.8. The molecule has 2 rings (SSSR count). The van der Waals surface area contributed by atoms with Crippen LogP contribution in [0.25, 0.3) is 0 Å². The van der Waals surface area contributed by atoms with Crippen LogP contribution in [-0.4, -0.2) is 61.7 Å². The van der Waals surface area contributed by atoms with E-state index in [0.717, 1.165) is 18.6 Å². The molecule has 0 saturated carbocycles. The number of fused-ring (bicyclic) bond motifs is 2. The van der Waals surface area contributed by atoms with Crippen molar-refractivity contribution in [3.63, 3.8) is 0 Å². The first-order valence-corrected chi connectivity index (χ1v) is 7.96. The average Bonchev–Trinajstić information content (AvgIpc) is 2.61. The number of rotatable bonds is 7. The van der Waals surface area contributed by atoms with E-state index in [0.29, 0.717) is 0 Å². The Kier molecular flexibility index (Phi) is 5.93. The summed E-state index contributed by atoms with van der Waals surface area (Å²) in [6.45, 7) is 8.47. The molecule has 3 heteroatoms. The van der Waals surface area contributed by atoms with Crippen LogP contribution in [0.4, 0.5) is 0 Å². The topological polar surface area (TPSA) is 18.5 Å². The molecule has 2 atom stereocenters. The molecule has 1 N–H and O–H groups in total. The fourth-order valence-electron chi connectivity index (χ4n) is 3.52. The highest BCUT2D eigenvalue weighted by Gasteiger charge is 2.34. The van der Waals surface area contributed by atoms with Crippen LogP contribution in [0.2, 0.25) is 0 Å². The SMILES string of the molecule is CCNCCCCCN1CCC2CCC(C1)N2C. The van der Waals surface area contributed by atoms with Gasteiger partial charge in [0.1, 0.15) is 0 Å². The number of likely N-dealkylation sites (N-methyl/N-ethyl adjacent to an activating group) is 1. The molecule has 0 spiro atoms. The van der Waals surface area contributed by atoms with Crippen LogP contribution in [0, 0.1) is 0 Å². The molecule has 0 aromatic carbocycles. The van der Waals surface area contributed by atoms with Gasteiger partial charge in [0, 0.05) is 18.6 Å². The van der Waals surface area contributed by atoms with Gasteiger partial charge in [-0.3, -0.25) is 4.90 Å². The second kappa shape index (κ2) is 7.46. The standard InChI is InChI=1S/C15H31N3/c1-3-16-10-5-4-6-11-18-12-9-14-7-8-15(13-18)17(14)2/h14-16H,3-13H2,1-2H3. The van der Waals surface area contributed by atoms with E-state index in [2.05, 4.69) is 29.1 Å². The molecule has 2 aliphatic heterocycles. The number of nitrogens with one attached hydrogen (secondary N) is 1. The maximum absolute atomic E-state index is 3.40. The summed E-state index contributed by atoms with van der Waals surface area (Å²) in [6, 6.07) is 1.73. The molecule has 18 heavy (non-hydrogen) atoms. The third-order valence-corrected chi connectivity index (χ3v) is 4.81. The van der Waals surface area contributed by atoms with Gasteiger partial charge in [-0.05, 0) is 65.3 Å². The monoisotopic (exact) mass is 253 g/mol. The molecule has 2 bridgehead atoms. The van der Waals surface area contributed by atoms with Crippen molar-refractivity contribution in [2.24, 2.45) is 0 Å². The van der Waals surface area contributed by atoms with Crippen molar-refractivity contribution in [2.75, 3.05) is 39.8 Å². The Bertz CT molecular complexity index is 232. The Balaban J connectivity index is 1.59. The molecule has 0 aliphatic carbocycles. The molecule has 0 amide bonds. The van der Waals surface area contributed by atoms with Gasteiger partial charge >= 0.3 is 0 Å². The van der Waals surface area contributed by atoms with E-state index in [1.807, 2.05) is 0 Å². The smallest absolute Gasteiger partial charge is 0.0223 e. The molecule has 2 fully saturated rings. The molecular weight excluding hydrogens is 222 g/mol. The van der Waals surface area contributed by atoms with Crippen LogP contribution in [0.1, 0.15) is 45.4 Å². The van der Waals surface area contributed by atoms with E-state index >= 15 is 0 Å². The summed E-state index contributed by atoms with van der Waals surface area (Å²) in [6.07, 6.45) is 8.37. The van der Waals surface area contributed by atoms with Gasteiger partial charge in [-0.1, -0.05) is 13.3 Å². The molecule has 0 aromatic rings. The van der Waals surface area contributed by atoms with Crippen molar-refractivity contribution in [3.05, 3.63) is 0 Å². The molecule has 2 heterocycles. The fourth-order valence-corrected chi connectivity index (χ4v) is 3.52. The van der Waals surface area contributed by atoms with E-state index in [1.165, 1.54) is 64.7 Å². The predicted molar refractivity (Wildman–Crippen MR) is 78.0 cm³/mol. The van der Waals surface area contributed by atoms with Gasteiger partial charge in [0.2, 0.25) is 0 Å². The lowest BCUT2D eigenvalue weighted by molar-refractivity contribution is 0.216. The Morgan fingerprint density at radius 1 is 1.06 bits per heavy atom. The third kappa shape index (κ3) is 3.94. The van der Waals surface area contributed by atoms with Crippen LogP contribution >= 0.6 is 0 Å². The minimum Gasteiger partial charge on any atom is -0.317 e. The van der Waals surface area contributed by atoms with Crippen molar-refractivity contribution in [1.82, 2.24) is 15.1 Å². The Hall–Kier alpha value is -0.120. The van der Waals surface area contributed by atoms with E-state index in [1.54, 1.807) is 0 Å². The number of nitrogens with zero attached hydrogens (tertiary/aromatic N) is 2. The predicted octanol–water partition coefficient (Wildman–Crippen LogP) is 1.93. The lowest BCUT2D eigenvalue weighted by Crippen LogP contribution is -2.37. The first-order valence-electron chi connectivity index (χ1n) is 7.96. The number of unbranched alkanes of at least 4 members (excludes halogenated alkanes) is 2. The maximum Gasteiger partial charge on any atom is 0.0223 e. The van der Waals surface area contributed by atoms with E-state index in [9.17, 15) is 0 Å². The lowest BCUT2D eigenvalue weighted by atomic mass is 10.1. The van der Waals surface area contributed by atoms with Crippen molar-refractivity contribution < 1.29 is 0 Å². The van der Waals surface area contributed by atoms with Crippen LogP contribution in [0.15, 0.2) is 0 Å². The van der Waals surface area contributed by atoms with Gasteiger partial charge in [-0.25, -0.2) is 0 Å². The van der Waals surface area contributed by atoms with Crippen molar-refractivity contribution >= 4 is 0 Å². The fraction of sp³-hybridized carbons (Fsp3) is 1.00. The molecule has 2 saturated heterocycles. The lowest BCUT2D eigenvalue weighted by Gasteiger charge is -2.25. The summed E-state index contributed by atoms with van der Waals surface area (Å²) in [7, 11) is 2.34. The summed E-state index contributed by atoms with van der Waals surface area (Å²) in [5, 5.41) is 3.40. The van der Waals surface area contributed by atoms with Gasteiger partial charge < -0.3 is 10.2 Å². The Labute approximate surface area is 113 Å². The minimum atomic E-state index is 0.847. The third-order valence-electron chi connectivity index (χ3n) is 4.81. The first kappa shape index (κ1) is 14.3. The quantitative estimate of drug-likeness (QED) is 0.700. The summed E-state index contributed by atoms with van der Waals surface area (Å²) >= 11 is 0. The van der Waals surface area contributed by atoms with Gasteiger partial charge in [0.15, 0.2) is 0 Å². The summed E-state index contributed by atoms with van der Waals surface area (Å²) < 4.78 is 0. The van der Waals surface area contributed by atoms with Crippen LogP contribution < -0.4 is 5.32 Å². The molecule has 106 valence electrons. The van der Waals surface area contributed by atoms with Gasteiger partial charge in [-0.15, -0.1) is 0 Å². The normalized spacial score (nSPS) is 29.7. The largest absolute Gasteiger partial charge is 0.317 e. The molecule has 0 aromatic heterocycles. The van der Waals surface area contributed by atoms with E-state index < -0.39 is 0 Å². The van der Waals surface area contributed by atoms with E-state index in [4.69, 9.17) is 0 Å². The average molecular weight is 253 g/mol. The molecule has 2 aliphatic rings. The zero-order valence-corrected chi connectivity index (χ0v) is 12.3. The highest BCUT2D eigenvalue weighted by molar-refractivity contribution is 4.90. The number of hydrogen-bond acceptors (Lipinski definition) is 3. The summed E-state index contributed by atoms with van der Waals surface area (Å²) in [4.78, 5) is 5.36. The van der Waals surface area contributed by atoms with Crippen LogP contribution in [0.5, 0.6) is 0 Å². The highest BCUT2D eigenvalue weighted by atomic mass is 15.3. The first-order chi connectivity index (χ1) is 8.81. The van der Waals surface area contributed by atoms with Gasteiger partial charge in [0.25, 0.3) is 0 Å². The Morgan fingerprint density at radius 3 is 2.72 bits per heavy atom. The summed E-state index contributed by atoms with van der Waals surface area (Å²) in [5.74, 6) is 0. The Morgan fingerprint density at radius 2 is 1.89 bits per heavy atom. The van der Waals surface area contributed by atoms with Gasteiger partial charge in [-0.2, -0.15) is 0 Å². The number of hydrogen-bond donors (Lipinski definition) is 1. The van der Waals surface area contributed by atoms with Crippen molar-refractivity contribution in [3.8, 4) is 0 Å².